The summed E-state index contributed by atoms with van der Waals surface area (Å²) in [6.07, 6.45) is 4.39. The van der Waals surface area contributed by atoms with Crippen molar-refractivity contribution < 1.29 is 8.42 Å². The molecule has 0 amide bonds. The van der Waals surface area contributed by atoms with Crippen molar-refractivity contribution in [2.24, 2.45) is 0 Å². The zero-order chi connectivity index (χ0) is 13.9. The van der Waals surface area contributed by atoms with Crippen LogP contribution < -0.4 is 10.0 Å². The first-order chi connectivity index (χ1) is 8.94. The largest absolute Gasteiger partial charge is 0.379 e. The van der Waals surface area contributed by atoms with Gasteiger partial charge in [-0.25, -0.2) is 13.4 Å². The standard InChI is InChI=1S/C11H13ClN4O2S/c1-19(17,18)16-11-3-2-8(4-10(11)12)14-6-9-5-13-7-15-9/h2-5,7,14,16H,6H2,1H3,(H,13,15). The fourth-order valence-electron chi connectivity index (χ4n) is 1.49. The number of anilines is 2. The smallest absolute Gasteiger partial charge is 0.229 e. The number of H-pyrrole nitrogens is 1. The van der Waals surface area contributed by atoms with Crippen LogP contribution in [0.3, 0.4) is 0 Å². The van der Waals surface area contributed by atoms with Crippen LogP contribution in [0.1, 0.15) is 5.69 Å². The maximum Gasteiger partial charge on any atom is 0.229 e. The normalized spacial score (nSPS) is 11.3. The first kappa shape index (κ1) is 13.7. The summed E-state index contributed by atoms with van der Waals surface area (Å²) < 4.78 is 24.6. The summed E-state index contributed by atoms with van der Waals surface area (Å²) in [5.41, 5.74) is 2.09. The van der Waals surface area contributed by atoms with Crippen molar-refractivity contribution >= 4 is 33.0 Å². The Labute approximate surface area is 116 Å². The van der Waals surface area contributed by atoms with Crippen LogP contribution in [-0.2, 0) is 16.6 Å². The van der Waals surface area contributed by atoms with Crippen LogP contribution in [0.5, 0.6) is 0 Å². The lowest BCUT2D eigenvalue weighted by Gasteiger charge is -2.09. The second-order valence-corrected chi connectivity index (χ2v) is 6.15. The van der Waals surface area contributed by atoms with Crippen molar-refractivity contribution in [3.8, 4) is 0 Å². The minimum atomic E-state index is -3.33. The van der Waals surface area contributed by atoms with Crippen LogP contribution in [0, 0.1) is 0 Å². The number of hydrogen-bond acceptors (Lipinski definition) is 4. The molecule has 0 spiro atoms. The van der Waals surface area contributed by atoms with Crippen LogP contribution >= 0.6 is 11.6 Å². The molecule has 1 aromatic heterocycles. The highest BCUT2D eigenvalue weighted by Crippen LogP contribution is 2.26. The van der Waals surface area contributed by atoms with Crippen LogP contribution in [0.2, 0.25) is 5.02 Å². The molecule has 19 heavy (non-hydrogen) atoms. The third-order valence-electron chi connectivity index (χ3n) is 2.30. The molecule has 2 rings (SSSR count). The monoisotopic (exact) mass is 300 g/mol. The predicted octanol–water partition coefficient (Wildman–Crippen LogP) is 2.05. The summed E-state index contributed by atoms with van der Waals surface area (Å²) in [6, 6.07) is 5.01. The molecule has 0 bridgehead atoms. The van der Waals surface area contributed by atoms with Crippen LogP contribution in [0.15, 0.2) is 30.7 Å². The quantitative estimate of drug-likeness (QED) is 0.788. The second-order valence-electron chi connectivity index (χ2n) is 4.00. The molecule has 0 saturated carbocycles. The molecule has 0 aliphatic carbocycles. The average molecular weight is 301 g/mol. The highest BCUT2D eigenvalue weighted by atomic mass is 35.5. The molecule has 0 aliphatic rings. The van der Waals surface area contributed by atoms with E-state index in [1.165, 1.54) is 0 Å². The van der Waals surface area contributed by atoms with Gasteiger partial charge in [-0.05, 0) is 18.2 Å². The summed E-state index contributed by atoms with van der Waals surface area (Å²) >= 11 is 6.01. The van der Waals surface area contributed by atoms with Crippen molar-refractivity contribution in [1.29, 1.82) is 0 Å². The van der Waals surface area contributed by atoms with Gasteiger partial charge in [-0.2, -0.15) is 0 Å². The van der Waals surface area contributed by atoms with Gasteiger partial charge in [0.15, 0.2) is 0 Å². The molecule has 0 saturated heterocycles. The summed E-state index contributed by atoms with van der Waals surface area (Å²) in [5, 5.41) is 3.48. The minimum absolute atomic E-state index is 0.333. The van der Waals surface area contributed by atoms with Gasteiger partial charge in [0.05, 0.1) is 35.5 Å². The number of hydrogen-bond donors (Lipinski definition) is 3. The van der Waals surface area contributed by atoms with Gasteiger partial charge in [-0.1, -0.05) is 11.6 Å². The average Bonchev–Trinajstić information content (AvgIpc) is 2.81. The van der Waals surface area contributed by atoms with Crippen molar-refractivity contribution in [2.45, 2.75) is 6.54 Å². The Hall–Kier alpha value is -1.73. The van der Waals surface area contributed by atoms with Crippen LogP contribution in [-0.4, -0.2) is 24.6 Å². The molecule has 1 heterocycles. The summed E-state index contributed by atoms with van der Waals surface area (Å²) in [7, 11) is -3.33. The molecule has 102 valence electrons. The van der Waals surface area contributed by atoms with Gasteiger partial charge in [0.1, 0.15) is 0 Å². The molecule has 0 fully saturated rings. The molecular weight excluding hydrogens is 288 g/mol. The lowest BCUT2D eigenvalue weighted by atomic mass is 10.3. The zero-order valence-electron chi connectivity index (χ0n) is 10.1. The van der Waals surface area contributed by atoms with Crippen LogP contribution in [0.25, 0.3) is 0 Å². The SMILES string of the molecule is CS(=O)(=O)Nc1ccc(NCc2cnc[nH]2)cc1Cl. The van der Waals surface area contributed by atoms with E-state index in [4.69, 9.17) is 11.6 Å². The molecule has 0 atom stereocenters. The molecule has 0 radical (unpaired) electrons. The first-order valence-electron chi connectivity index (χ1n) is 5.42. The van der Waals surface area contributed by atoms with Gasteiger partial charge in [0, 0.05) is 11.9 Å². The molecule has 6 nitrogen and oxygen atoms in total. The van der Waals surface area contributed by atoms with Crippen molar-refractivity contribution in [2.75, 3.05) is 16.3 Å². The number of halogens is 1. The van der Waals surface area contributed by atoms with E-state index in [0.717, 1.165) is 17.6 Å². The topological polar surface area (TPSA) is 86.9 Å². The predicted molar refractivity (Wildman–Crippen MR) is 75.8 cm³/mol. The molecule has 0 aliphatic heterocycles. The maximum atomic E-state index is 11.1. The van der Waals surface area contributed by atoms with E-state index in [-0.39, 0.29) is 0 Å². The third-order valence-corrected chi connectivity index (χ3v) is 3.21. The zero-order valence-corrected chi connectivity index (χ0v) is 11.7. The highest BCUT2D eigenvalue weighted by Gasteiger charge is 2.07. The van der Waals surface area contributed by atoms with E-state index in [1.54, 1.807) is 30.7 Å². The van der Waals surface area contributed by atoms with Gasteiger partial charge >= 0.3 is 0 Å². The number of aromatic nitrogens is 2. The Balaban J connectivity index is 2.06. The Morgan fingerprint density at radius 1 is 1.42 bits per heavy atom. The number of aromatic amines is 1. The fourth-order valence-corrected chi connectivity index (χ4v) is 2.35. The van der Waals surface area contributed by atoms with Crippen molar-refractivity contribution in [3.05, 3.63) is 41.4 Å². The third kappa shape index (κ3) is 4.15. The minimum Gasteiger partial charge on any atom is -0.379 e. The van der Waals surface area contributed by atoms with E-state index in [1.807, 2.05) is 0 Å². The number of nitrogens with one attached hydrogen (secondary N) is 3. The van der Waals surface area contributed by atoms with Gasteiger partial charge in [-0.3, -0.25) is 4.72 Å². The van der Waals surface area contributed by atoms with Gasteiger partial charge in [0.25, 0.3) is 0 Å². The lowest BCUT2D eigenvalue weighted by Crippen LogP contribution is -2.10. The first-order valence-corrected chi connectivity index (χ1v) is 7.69. The maximum absolute atomic E-state index is 11.1. The number of rotatable bonds is 5. The fraction of sp³-hybridized carbons (Fsp3) is 0.182. The van der Waals surface area contributed by atoms with E-state index < -0.39 is 10.0 Å². The van der Waals surface area contributed by atoms with E-state index in [9.17, 15) is 8.42 Å². The summed E-state index contributed by atoms with van der Waals surface area (Å²) in [6.45, 7) is 0.579. The Bertz CT molecular complexity index is 655. The Morgan fingerprint density at radius 3 is 2.79 bits per heavy atom. The Kier molecular flexibility index (Phi) is 3.96. The molecular formula is C11H13ClN4O2S. The molecule has 0 unspecified atom stereocenters. The number of sulfonamides is 1. The molecule has 2 aromatic rings. The van der Waals surface area contributed by atoms with Gasteiger partial charge < -0.3 is 10.3 Å². The number of nitrogens with zero attached hydrogens (tertiary/aromatic N) is 1. The molecule has 8 heteroatoms. The van der Waals surface area contributed by atoms with E-state index in [0.29, 0.717) is 17.3 Å². The van der Waals surface area contributed by atoms with Crippen molar-refractivity contribution in [1.82, 2.24) is 9.97 Å². The van der Waals surface area contributed by atoms with E-state index >= 15 is 0 Å². The Morgan fingerprint density at radius 2 is 2.21 bits per heavy atom. The van der Waals surface area contributed by atoms with Gasteiger partial charge in [0.2, 0.25) is 10.0 Å². The van der Waals surface area contributed by atoms with Gasteiger partial charge in [-0.15, -0.1) is 0 Å². The highest BCUT2D eigenvalue weighted by molar-refractivity contribution is 7.92. The molecule has 1 aromatic carbocycles. The molecule has 3 N–H and O–H groups in total. The number of benzene rings is 1. The number of imidazole rings is 1. The summed E-state index contributed by atoms with van der Waals surface area (Å²) in [5.74, 6) is 0. The van der Waals surface area contributed by atoms with Crippen LogP contribution in [0.4, 0.5) is 11.4 Å². The lowest BCUT2D eigenvalue weighted by molar-refractivity contribution is 0.607. The summed E-state index contributed by atoms with van der Waals surface area (Å²) in [4.78, 5) is 6.87. The van der Waals surface area contributed by atoms with Crippen molar-refractivity contribution in [3.63, 3.8) is 0 Å². The second kappa shape index (κ2) is 5.50. The van der Waals surface area contributed by atoms with E-state index in [2.05, 4.69) is 20.0 Å².